The lowest BCUT2D eigenvalue weighted by Gasteiger charge is -2.32. The van der Waals surface area contributed by atoms with E-state index in [1.807, 2.05) is 42.8 Å². The quantitative estimate of drug-likeness (QED) is 0.749. The molecule has 1 aliphatic carbocycles. The van der Waals surface area contributed by atoms with Gasteiger partial charge in [0.2, 0.25) is 5.91 Å². The van der Waals surface area contributed by atoms with E-state index in [1.54, 1.807) is 7.11 Å². The second kappa shape index (κ2) is 8.65. The van der Waals surface area contributed by atoms with E-state index in [4.69, 9.17) is 4.74 Å². The van der Waals surface area contributed by atoms with E-state index < -0.39 is 5.54 Å². The topological polar surface area (TPSA) is 92.8 Å². The Morgan fingerprint density at radius 1 is 1.29 bits per heavy atom. The van der Waals surface area contributed by atoms with Crippen molar-refractivity contribution in [3.05, 3.63) is 24.3 Å². The molecule has 1 saturated carbocycles. The van der Waals surface area contributed by atoms with Gasteiger partial charge in [0.25, 0.3) is 0 Å². The average molecular weight is 400 g/mol. The molecule has 0 aliphatic heterocycles. The fraction of sp³-hybridized carbons (Fsp3) is 0.500. The predicted molar refractivity (Wildman–Crippen MR) is 108 cm³/mol. The normalized spacial score (nSPS) is 16.8. The van der Waals surface area contributed by atoms with Crippen molar-refractivity contribution >= 4 is 17.7 Å². The number of thioether (sulfide) groups is 1. The molecule has 0 spiro atoms. The van der Waals surface area contributed by atoms with Crippen LogP contribution in [0.15, 0.2) is 29.4 Å². The van der Waals surface area contributed by atoms with Gasteiger partial charge in [-0.3, -0.25) is 4.79 Å². The molecule has 1 atom stereocenters. The van der Waals surface area contributed by atoms with Crippen LogP contribution in [0.25, 0.3) is 11.4 Å². The molecule has 1 fully saturated rings. The number of benzene rings is 1. The first-order valence-corrected chi connectivity index (χ1v) is 10.3. The van der Waals surface area contributed by atoms with Crippen molar-refractivity contribution in [2.75, 3.05) is 7.11 Å². The smallest absolute Gasteiger partial charge is 0.234 e. The summed E-state index contributed by atoms with van der Waals surface area (Å²) in [7, 11) is 3.51. The van der Waals surface area contributed by atoms with Crippen molar-refractivity contribution in [3.63, 3.8) is 0 Å². The molecule has 1 amide bonds. The van der Waals surface area contributed by atoms with Crippen LogP contribution in [-0.2, 0) is 11.8 Å². The number of nitrogens with zero attached hydrogens (tertiary/aromatic N) is 4. The second-order valence-electron chi connectivity index (χ2n) is 7.10. The van der Waals surface area contributed by atoms with Crippen LogP contribution < -0.4 is 10.1 Å². The Labute approximate surface area is 169 Å². The molecule has 0 saturated heterocycles. The summed E-state index contributed by atoms with van der Waals surface area (Å²) in [6, 6.07) is 9.92. The van der Waals surface area contributed by atoms with E-state index in [9.17, 15) is 10.1 Å². The zero-order valence-electron chi connectivity index (χ0n) is 16.4. The average Bonchev–Trinajstić information content (AvgIpc) is 3.08. The summed E-state index contributed by atoms with van der Waals surface area (Å²) in [4.78, 5) is 12.7. The molecule has 0 unspecified atom stereocenters. The minimum atomic E-state index is -0.724. The van der Waals surface area contributed by atoms with Gasteiger partial charge in [0.15, 0.2) is 11.0 Å². The van der Waals surface area contributed by atoms with E-state index in [-0.39, 0.29) is 11.2 Å². The van der Waals surface area contributed by atoms with Gasteiger partial charge in [0.05, 0.1) is 18.4 Å². The van der Waals surface area contributed by atoms with Crippen LogP contribution in [0.4, 0.5) is 0 Å². The second-order valence-corrected chi connectivity index (χ2v) is 8.41. The number of ether oxygens (including phenoxy) is 1. The Hall–Kier alpha value is -2.53. The Balaban J connectivity index is 1.68. The van der Waals surface area contributed by atoms with Crippen molar-refractivity contribution < 1.29 is 9.53 Å². The van der Waals surface area contributed by atoms with Crippen LogP contribution in [-0.4, -0.2) is 38.6 Å². The molecule has 0 bridgehead atoms. The van der Waals surface area contributed by atoms with Crippen molar-refractivity contribution in [2.24, 2.45) is 7.05 Å². The van der Waals surface area contributed by atoms with Gasteiger partial charge in [-0.25, -0.2) is 0 Å². The van der Waals surface area contributed by atoms with Crippen molar-refractivity contribution in [3.8, 4) is 23.2 Å². The number of aromatic nitrogens is 3. The molecule has 148 valence electrons. The molecule has 2 aromatic rings. The Kier molecular flexibility index (Phi) is 6.25. The highest BCUT2D eigenvalue weighted by molar-refractivity contribution is 8.00. The summed E-state index contributed by atoms with van der Waals surface area (Å²) in [6.07, 6.45) is 4.51. The maximum Gasteiger partial charge on any atom is 0.234 e. The Bertz CT molecular complexity index is 866. The largest absolute Gasteiger partial charge is 0.497 e. The zero-order valence-corrected chi connectivity index (χ0v) is 17.3. The molecule has 1 aromatic heterocycles. The molecule has 8 heteroatoms. The number of amides is 1. The van der Waals surface area contributed by atoms with Crippen LogP contribution in [0, 0.1) is 11.3 Å². The molecule has 1 N–H and O–H groups in total. The molecule has 0 radical (unpaired) electrons. The van der Waals surface area contributed by atoms with Crippen molar-refractivity contribution in [2.45, 2.75) is 55.0 Å². The van der Waals surface area contributed by atoms with Gasteiger partial charge >= 0.3 is 0 Å². The monoisotopic (exact) mass is 399 g/mol. The number of nitrogens with one attached hydrogen (secondary N) is 1. The first kappa shape index (κ1) is 20.2. The molecule has 1 heterocycles. The number of rotatable bonds is 6. The van der Waals surface area contributed by atoms with Crippen LogP contribution >= 0.6 is 11.8 Å². The first-order valence-electron chi connectivity index (χ1n) is 9.42. The Morgan fingerprint density at radius 2 is 1.96 bits per heavy atom. The lowest BCUT2D eigenvalue weighted by molar-refractivity contribution is -0.121. The van der Waals surface area contributed by atoms with E-state index >= 15 is 0 Å². The highest BCUT2D eigenvalue weighted by Gasteiger charge is 2.35. The van der Waals surface area contributed by atoms with Gasteiger partial charge in [-0.1, -0.05) is 31.0 Å². The van der Waals surface area contributed by atoms with Gasteiger partial charge in [-0.05, 0) is 44.0 Å². The van der Waals surface area contributed by atoms with E-state index in [0.717, 1.165) is 49.2 Å². The third-order valence-corrected chi connectivity index (χ3v) is 6.25. The third-order valence-electron chi connectivity index (χ3n) is 5.12. The van der Waals surface area contributed by atoms with Gasteiger partial charge in [-0.15, -0.1) is 10.2 Å². The summed E-state index contributed by atoms with van der Waals surface area (Å²) in [5.41, 5.74) is 0.198. The number of carbonyl (C=O) groups excluding carboxylic acids is 1. The maximum atomic E-state index is 12.7. The Morgan fingerprint density at radius 3 is 2.57 bits per heavy atom. The van der Waals surface area contributed by atoms with E-state index in [1.165, 1.54) is 11.8 Å². The summed E-state index contributed by atoms with van der Waals surface area (Å²) in [6.45, 7) is 1.83. The van der Waals surface area contributed by atoms with Crippen LogP contribution in [0.3, 0.4) is 0 Å². The van der Waals surface area contributed by atoms with Gasteiger partial charge in [0.1, 0.15) is 11.3 Å². The van der Waals surface area contributed by atoms with Crippen LogP contribution in [0.5, 0.6) is 5.75 Å². The summed E-state index contributed by atoms with van der Waals surface area (Å²) in [5, 5.41) is 21.3. The van der Waals surface area contributed by atoms with Crippen molar-refractivity contribution in [1.29, 1.82) is 5.26 Å². The summed E-state index contributed by atoms with van der Waals surface area (Å²) in [5.74, 6) is 1.36. The molecule has 28 heavy (non-hydrogen) atoms. The number of hydrogen-bond donors (Lipinski definition) is 1. The molecule has 1 aliphatic rings. The number of methoxy groups -OCH3 is 1. The lowest BCUT2D eigenvalue weighted by atomic mass is 9.83. The molecule has 3 rings (SSSR count). The van der Waals surface area contributed by atoms with E-state index in [2.05, 4.69) is 21.6 Å². The molecule has 7 nitrogen and oxygen atoms in total. The number of hydrogen-bond acceptors (Lipinski definition) is 6. The van der Waals surface area contributed by atoms with Gasteiger partial charge < -0.3 is 14.6 Å². The SMILES string of the molecule is COc1ccc(-c2nnc(S[C@@H](C)C(=O)NC3(C#N)CCCCC3)n2C)cc1. The molecular weight excluding hydrogens is 374 g/mol. The minimum absolute atomic E-state index is 0.137. The molecule has 1 aromatic carbocycles. The first-order chi connectivity index (χ1) is 13.5. The minimum Gasteiger partial charge on any atom is -0.497 e. The predicted octanol–water partition coefficient (Wildman–Crippen LogP) is 3.31. The lowest BCUT2D eigenvalue weighted by Crippen LogP contribution is -2.50. The fourth-order valence-corrected chi connectivity index (χ4v) is 4.19. The van der Waals surface area contributed by atoms with Crippen LogP contribution in [0.1, 0.15) is 39.0 Å². The summed E-state index contributed by atoms with van der Waals surface area (Å²) < 4.78 is 7.06. The highest BCUT2D eigenvalue weighted by atomic mass is 32.2. The summed E-state index contributed by atoms with van der Waals surface area (Å²) >= 11 is 1.34. The van der Waals surface area contributed by atoms with Gasteiger partial charge in [0, 0.05) is 12.6 Å². The van der Waals surface area contributed by atoms with Crippen molar-refractivity contribution in [1.82, 2.24) is 20.1 Å². The van der Waals surface area contributed by atoms with Crippen LogP contribution in [0.2, 0.25) is 0 Å². The highest BCUT2D eigenvalue weighted by Crippen LogP contribution is 2.30. The maximum absolute atomic E-state index is 12.7. The fourth-order valence-electron chi connectivity index (χ4n) is 3.38. The third kappa shape index (κ3) is 4.30. The standard InChI is InChI=1S/C20H25N5O2S/c1-14(18(26)22-20(13-21)11-5-4-6-12-20)28-19-24-23-17(25(19)2)15-7-9-16(27-3)10-8-15/h7-10,14H,4-6,11-12H2,1-3H3,(H,22,26)/t14-/m0/s1. The molecular formula is C20H25N5O2S. The zero-order chi connectivity index (χ0) is 20.1. The number of nitriles is 1. The number of carbonyl (C=O) groups is 1. The van der Waals surface area contributed by atoms with E-state index in [0.29, 0.717) is 5.16 Å². The van der Waals surface area contributed by atoms with Gasteiger partial charge in [-0.2, -0.15) is 5.26 Å².